The predicted octanol–water partition coefficient (Wildman–Crippen LogP) is 2.26. The molecule has 3 heteroatoms. The summed E-state index contributed by atoms with van der Waals surface area (Å²) in [7, 11) is 0. The molecule has 0 amide bonds. The van der Waals surface area contributed by atoms with E-state index in [0.29, 0.717) is 0 Å². The number of nitrogens with two attached hydrogens (primary N) is 1. The Morgan fingerprint density at radius 2 is 1.86 bits per heavy atom. The number of aliphatic hydroxyl groups is 1. The fourth-order valence-electron chi connectivity index (χ4n) is 3.06. The predicted molar refractivity (Wildman–Crippen MR) is 87.3 cm³/mol. The molecular weight excluding hydrogens is 260 g/mol. The normalized spacial score (nSPS) is 13.1. The molecule has 0 radical (unpaired) electrons. The lowest BCUT2D eigenvalue weighted by Crippen LogP contribution is -2.84. The number of hydrogen-bond acceptors (Lipinski definition) is 1. The van der Waals surface area contributed by atoms with E-state index in [-0.39, 0.29) is 6.10 Å². The first kappa shape index (κ1) is 14.1. The van der Waals surface area contributed by atoms with Crippen LogP contribution in [0.25, 0.3) is 21.8 Å². The molecule has 110 valence electrons. The van der Waals surface area contributed by atoms with Crippen molar-refractivity contribution in [2.24, 2.45) is 0 Å². The number of fused-ring (bicyclic) bond motifs is 3. The monoisotopic (exact) mass is 283 g/mol. The lowest BCUT2D eigenvalue weighted by Gasteiger charge is -2.05. The summed E-state index contributed by atoms with van der Waals surface area (Å²) in [6.07, 6.45) is -0.254. The third-order valence-corrected chi connectivity index (χ3v) is 4.04. The minimum absolute atomic E-state index is 0.254. The third kappa shape index (κ3) is 2.67. The Labute approximate surface area is 125 Å². The van der Waals surface area contributed by atoms with Crippen molar-refractivity contribution in [2.45, 2.75) is 33.0 Å². The number of hydrogen-bond donors (Lipinski definition) is 2. The number of para-hydroxylation sites is 1. The Balaban J connectivity index is 2.02. The molecule has 21 heavy (non-hydrogen) atoms. The van der Waals surface area contributed by atoms with E-state index in [0.717, 1.165) is 19.6 Å². The smallest absolute Gasteiger partial charge is 0.102 e. The van der Waals surface area contributed by atoms with E-state index in [2.05, 4.69) is 59.3 Å². The van der Waals surface area contributed by atoms with E-state index in [4.69, 9.17) is 0 Å². The van der Waals surface area contributed by atoms with Gasteiger partial charge < -0.3 is 15.0 Å². The van der Waals surface area contributed by atoms with Crippen LogP contribution < -0.4 is 5.32 Å². The maximum absolute atomic E-state index is 9.34. The minimum atomic E-state index is -0.254. The van der Waals surface area contributed by atoms with Gasteiger partial charge in [-0.2, -0.15) is 0 Å². The number of aliphatic hydroxyl groups excluding tert-OH is 1. The van der Waals surface area contributed by atoms with Crippen LogP contribution in [0.5, 0.6) is 0 Å². The molecule has 0 unspecified atom stereocenters. The summed E-state index contributed by atoms with van der Waals surface area (Å²) in [5.41, 5.74) is 3.92. The van der Waals surface area contributed by atoms with Crippen LogP contribution in [0.3, 0.4) is 0 Å². The second-order valence-corrected chi connectivity index (χ2v) is 5.69. The van der Waals surface area contributed by atoms with Crippen molar-refractivity contribution in [3.8, 4) is 0 Å². The molecule has 3 nitrogen and oxygen atoms in total. The molecule has 3 N–H and O–H groups in total. The van der Waals surface area contributed by atoms with Crippen molar-refractivity contribution in [1.29, 1.82) is 0 Å². The van der Waals surface area contributed by atoms with E-state index in [1.165, 1.54) is 27.4 Å². The highest BCUT2D eigenvalue weighted by molar-refractivity contribution is 6.08. The maximum atomic E-state index is 9.34. The second kappa shape index (κ2) is 5.88. The molecular formula is C18H23N2O+. The van der Waals surface area contributed by atoms with Crippen molar-refractivity contribution < 1.29 is 10.4 Å². The highest BCUT2D eigenvalue weighted by Gasteiger charge is 2.10. The topological polar surface area (TPSA) is 41.8 Å². The van der Waals surface area contributed by atoms with Crippen molar-refractivity contribution in [1.82, 2.24) is 4.57 Å². The highest BCUT2D eigenvalue weighted by atomic mass is 16.3. The van der Waals surface area contributed by atoms with Gasteiger partial charge in [0.05, 0.1) is 6.10 Å². The molecule has 3 aromatic rings. The summed E-state index contributed by atoms with van der Waals surface area (Å²) >= 11 is 0. The van der Waals surface area contributed by atoms with Gasteiger partial charge in [-0.05, 0) is 32.0 Å². The molecule has 2 aromatic carbocycles. The molecule has 0 aliphatic rings. The van der Waals surface area contributed by atoms with Crippen LogP contribution in [0, 0.1) is 0 Å². The van der Waals surface area contributed by atoms with Gasteiger partial charge in [-0.15, -0.1) is 0 Å². The van der Waals surface area contributed by atoms with E-state index in [1.807, 2.05) is 6.92 Å². The summed E-state index contributed by atoms with van der Waals surface area (Å²) in [6.45, 7) is 6.66. The van der Waals surface area contributed by atoms with Gasteiger partial charge >= 0.3 is 0 Å². The van der Waals surface area contributed by atoms with E-state index in [1.54, 1.807) is 0 Å². The van der Waals surface area contributed by atoms with Gasteiger partial charge in [0.2, 0.25) is 0 Å². The van der Waals surface area contributed by atoms with Gasteiger partial charge in [0.15, 0.2) is 0 Å². The van der Waals surface area contributed by atoms with Gasteiger partial charge in [-0.3, -0.25) is 0 Å². The summed E-state index contributed by atoms with van der Waals surface area (Å²) in [4.78, 5) is 0. The van der Waals surface area contributed by atoms with Gasteiger partial charge in [-0.25, -0.2) is 0 Å². The molecule has 1 aromatic heterocycles. The average Bonchev–Trinajstić information content (AvgIpc) is 2.80. The Bertz CT molecular complexity index is 758. The molecule has 1 atom stereocenters. The molecule has 1 heterocycles. The van der Waals surface area contributed by atoms with E-state index >= 15 is 0 Å². The third-order valence-electron chi connectivity index (χ3n) is 4.04. The van der Waals surface area contributed by atoms with Crippen molar-refractivity contribution in [3.05, 3.63) is 48.0 Å². The zero-order chi connectivity index (χ0) is 14.8. The van der Waals surface area contributed by atoms with Crippen molar-refractivity contribution >= 4 is 21.8 Å². The van der Waals surface area contributed by atoms with Gasteiger partial charge in [0.1, 0.15) is 13.1 Å². The van der Waals surface area contributed by atoms with Crippen LogP contribution in [-0.2, 0) is 13.1 Å². The molecule has 3 rings (SSSR count). The lowest BCUT2D eigenvalue weighted by molar-refractivity contribution is -0.676. The maximum Gasteiger partial charge on any atom is 0.102 e. The fourth-order valence-corrected chi connectivity index (χ4v) is 3.06. The van der Waals surface area contributed by atoms with E-state index in [9.17, 15) is 5.11 Å². The van der Waals surface area contributed by atoms with Crippen LogP contribution >= 0.6 is 0 Å². The Morgan fingerprint density at radius 3 is 2.62 bits per heavy atom. The number of quaternary nitrogens is 1. The standard InChI is InChI=1S/C18H22N2O/c1-3-20-17-7-5-4-6-15(17)16-10-14(8-9-18(16)20)12-19-11-13(2)21/h4-10,13,19,21H,3,11-12H2,1-2H3/p+1/t13-/m1/s1. The number of aromatic nitrogens is 1. The zero-order valence-corrected chi connectivity index (χ0v) is 12.7. The Hall–Kier alpha value is -1.84. The van der Waals surface area contributed by atoms with Crippen LogP contribution in [0.2, 0.25) is 0 Å². The molecule has 0 aliphatic heterocycles. The molecule has 0 spiro atoms. The average molecular weight is 283 g/mol. The number of nitrogens with zero attached hydrogens (tertiary/aromatic N) is 1. The van der Waals surface area contributed by atoms with Crippen LogP contribution in [0.4, 0.5) is 0 Å². The van der Waals surface area contributed by atoms with Crippen LogP contribution in [0.15, 0.2) is 42.5 Å². The van der Waals surface area contributed by atoms with Crippen LogP contribution in [-0.4, -0.2) is 22.3 Å². The van der Waals surface area contributed by atoms with E-state index < -0.39 is 0 Å². The minimum Gasteiger partial charge on any atom is -0.388 e. The number of rotatable bonds is 5. The van der Waals surface area contributed by atoms with Gasteiger partial charge in [-0.1, -0.05) is 24.3 Å². The van der Waals surface area contributed by atoms with Gasteiger partial charge in [0, 0.05) is 33.9 Å². The quantitative estimate of drug-likeness (QED) is 0.741. The summed E-state index contributed by atoms with van der Waals surface area (Å²) in [5.74, 6) is 0. The Morgan fingerprint density at radius 1 is 1.10 bits per heavy atom. The first-order valence-corrected chi connectivity index (χ1v) is 7.70. The molecule has 0 aliphatic carbocycles. The number of benzene rings is 2. The molecule has 0 saturated heterocycles. The van der Waals surface area contributed by atoms with Gasteiger partial charge in [0.25, 0.3) is 0 Å². The summed E-state index contributed by atoms with van der Waals surface area (Å²) in [5, 5.41) is 14.2. The summed E-state index contributed by atoms with van der Waals surface area (Å²) in [6, 6.07) is 15.3. The first-order valence-electron chi connectivity index (χ1n) is 7.70. The summed E-state index contributed by atoms with van der Waals surface area (Å²) < 4.78 is 2.37. The number of aryl methyl sites for hydroxylation is 1. The molecule has 0 fully saturated rings. The van der Waals surface area contributed by atoms with Crippen LogP contribution in [0.1, 0.15) is 19.4 Å². The Kier molecular flexibility index (Phi) is 3.95. The fraction of sp³-hybridized carbons (Fsp3) is 0.333. The largest absolute Gasteiger partial charge is 0.388 e. The SMILES string of the molecule is CCn1c2ccccc2c2cc(C[NH2+]C[C@@H](C)O)ccc21. The van der Waals surface area contributed by atoms with Crippen molar-refractivity contribution in [3.63, 3.8) is 0 Å². The molecule has 0 saturated carbocycles. The second-order valence-electron chi connectivity index (χ2n) is 5.69. The lowest BCUT2D eigenvalue weighted by atomic mass is 10.1. The first-order chi connectivity index (χ1) is 10.2. The molecule has 0 bridgehead atoms. The zero-order valence-electron chi connectivity index (χ0n) is 12.7. The van der Waals surface area contributed by atoms with Crippen molar-refractivity contribution in [2.75, 3.05) is 6.54 Å². The highest BCUT2D eigenvalue weighted by Crippen LogP contribution is 2.29.